The third kappa shape index (κ3) is 1.92. The Morgan fingerprint density at radius 2 is 2.50 bits per heavy atom. The van der Waals surface area contributed by atoms with Crippen molar-refractivity contribution in [3.05, 3.63) is 42.8 Å². The van der Waals surface area contributed by atoms with Crippen LogP contribution in [0.5, 0.6) is 0 Å². The monoisotopic (exact) mass is 161 g/mol. The van der Waals surface area contributed by atoms with Crippen molar-refractivity contribution in [3.8, 4) is 0 Å². The van der Waals surface area contributed by atoms with E-state index in [2.05, 4.69) is 11.7 Å². The second kappa shape index (κ2) is 3.67. The van der Waals surface area contributed by atoms with E-state index in [1.54, 1.807) is 30.6 Å². The summed E-state index contributed by atoms with van der Waals surface area (Å²) in [4.78, 5) is 0. The van der Waals surface area contributed by atoms with Crippen molar-refractivity contribution in [1.82, 2.24) is 9.78 Å². The molecule has 0 saturated heterocycles. The number of nitrogens with one attached hydrogen (secondary N) is 1. The van der Waals surface area contributed by atoms with Crippen molar-refractivity contribution in [2.75, 3.05) is 0 Å². The Morgan fingerprint density at radius 1 is 1.75 bits per heavy atom. The summed E-state index contributed by atoms with van der Waals surface area (Å²) in [6.45, 7) is 5.46. The average molecular weight is 161 g/mol. The molecule has 3 heteroatoms. The third-order valence-electron chi connectivity index (χ3n) is 1.35. The second-order valence-electron chi connectivity index (χ2n) is 2.44. The van der Waals surface area contributed by atoms with Gasteiger partial charge in [-0.1, -0.05) is 18.7 Å². The van der Waals surface area contributed by atoms with E-state index in [-0.39, 0.29) is 0 Å². The van der Waals surface area contributed by atoms with Crippen LogP contribution in [-0.4, -0.2) is 15.6 Å². The number of aromatic nitrogens is 2. The summed E-state index contributed by atoms with van der Waals surface area (Å²) < 4.78 is 1.51. The molecule has 0 amide bonds. The lowest BCUT2D eigenvalue weighted by molar-refractivity contribution is 0.930. The Hall–Kier alpha value is -1.64. The molecule has 0 fully saturated rings. The molecule has 1 rings (SSSR count). The molecule has 1 heterocycles. The molecule has 0 saturated carbocycles. The maximum absolute atomic E-state index is 7.51. The fourth-order valence-electron chi connectivity index (χ4n) is 0.780. The molecular weight excluding hydrogens is 150 g/mol. The lowest BCUT2D eigenvalue weighted by atomic mass is 10.4. The molecule has 0 spiro atoms. The second-order valence-corrected chi connectivity index (χ2v) is 2.44. The van der Waals surface area contributed by atoms with Crippen molar-refractivity contribution in [3.63, 3.8) is 0 Å². The van der Waals surface area contributed by atoms with Gasteiger partial charge >= 0.3 is 0 Å². The predicted molar refractivity (Wildman–Crippen MR) is 49.4 cm³/mol. The minimum Gasteiger partial charge on any atom is -0.283 e. The molecule has 0 bridgehead atoms. The molecule has 62 valence electrons. The molecule has 0 unspecified atom stereocenters. The number of hydrogen-bond donors (Lipinski definition) is 1. The minimum absolute atomic E-state index is 0.336. The minimum atomic E-state index is 0.336. The van der Waals surface area contributed by atoms with E-state index in [0.717, 1.165) is 5.56 Å². The zero-order chi connectivity index (χ0) is 8.97. The highest BCUT2D eigenvalue weighted by Gasteiger charge is 1.95. The first-order chi connectivity index (χ1) is 5.74. The van der Waals surface area contributed by atoms with Gasteiger partial charge in [-0.25, -0.2) is 4.68 Å². The number of allylic oxidation sites excluding steroid dienone is 3. The van der Waals surface area contributed by atoms with Crippen LogP contribution in [0.4, 0.5) is 0 Å². The predicted octanol–water partition coefficient (Wildman–Crippen LogP) is 1.76. The summed E-state index contributed by atoms with van der Waals surface area (Å²) in [7, 11) is 0. The number of nitrogens with zero attached hydrogens (tertiary/aromatic N) is 2. The Bertz CT molecular complexity index is 320. The molecule has 0 aliphatic rings. The van der Waals surface area contributed by atoms with Crippen LogP contribution in [0.1, 0.15) is 5.56 Å². The van der Waals surface area contributed by atoms with Gasteiger partial charge in [-0.3, -0.25) is 5.41 Å². The Kier molecular flexibility index (Phi) is 2.58. The molecule has 0 aliphatic carbocycles. The average Bonchev–Trinajstić information content (AvgIpc) is 2.47. The maximum atomic E-state index is 7.51. The Morgan fingerprint density at radius 3 is 3.00 bits per heavy atom. The first kappa shape index (κ1) is 8.46. The van der Waals surface area contributed by atoms with Crippen LogP contribution in [-0.2, 0) is 0 Å². The van der Waals surface area contributed by atoms with Crippen LogP contribution in [0.2, 0.25) is 0 Å². The van der Waals surface area contributed by atoms with Crippen LogP contribution < -0.4 is 0 Å². The van der Waals surface area contributed by atoms with Gasteiger partial charge in [0.15, 0.2) is 0 Å². The maximum Gasteiger partial charge on any atom is 0.145 e. The highest BCUT2D eigenvalue weighted by atomic mass is 15.3. The standard InChI is InChI=1S/C9H11N3/c1-3-4-5-9(10)12-7-8(2)6-11-12/h3-7,10H,1H2,2H3/b5-4-,10-9?. The zero-order valence-electron chi connectivity index (χ0n) is 6.99. The lowest BCUT2D eigenvalue weighted by Crippen LogP contribution is -2.06. The molecule has 3 nitrogen and oxygen atoms in total. The van der Waals surface area contributed by atoms with Gasteiger partial charge in [0, 0.05) is 6.20 Å². The third-order valence-corrected chi connectivity index (χ3v) is 1.35. The van der Waals surface area contributed by atoms with Crippen molar-refractivity contribution >= 4 is 5.84 Å². The molecule has 1 aromatic rings. The summed E-state index contributed by atoms with van der Waals surface area (Å²) in [5, 5.41) is 11.5. The van der Waals surface area contributed by atoms with Gasteiger partial charge in [-0.2, -0.15) is 5.10 Å². The lowest BCUT2D eigenvalue weighted by Gasteiger charge is -1.94. The molecule has 0 radical (unpaired) electrons. The first-order valence-corrected chi connectivity index (χ1v) is 3.63. The number of rotatable bonds is 2. The van der Waals surface area contributed by atoms with E-state index in [1.807, 2.05) is 6.92 Å². The van der Waals surface area contributed by atoms with Gasteiger partial charge in [-0.05, 0) is 18.6 Å². The topological polar surface area (TPSA) is 41.7 Å². The van der Waals surface area contributed by atoms with Gasteiger partial charge < -0.3 is 0 Å². The van der Waals surface area contributed by atoms with E-state index in [1.165, 1.54) is 4.68 Å². The van der Waals surface area contributed by atoms with Crippen LogP contribution in [0.3, 0.4) is 0 Å². The van der Waals surface area contributed by atoms with Gasteiger partial charge in [0.25, 0.3) is 0 Å². The molecule has 12 heavy (non-hydrogen) atoms. The normalized spacial score (nSPS) is 10.4. The molecule has 1 aromatic heterocycles. The van der Waals surface area contributed by atoms with Gasteiger partial charge in [-0.15, -0.1) is 0 Å². The fourth-order valence-corrected chi connectivity index (χ4v) is 0.780. The van der Waals surface area contributed by atoms with Crippen molar-refractivity contribution in [2.24, 2.45) is 0 Å². The van der Waals surface area contributed by atoms with Gasteiger partial charge in [0.2, 0.25) is 0 Å². The molecule has 0 aliphatic heterocycles. The highest BCUT2D eigenvalue weighted by Crippen LogP contribution is 1.94. The fraction of sp³-hybridized carbons (Fsp3) is 0.111. The molecule has 1 N–H and O–H groups in total. The number of hydrogen-bond acceptors (Lipinski definition) is 2. The molecule has 0 atom stereocenters. The molecular formula is C9H11N3. The SMILES string of the molecule is C=C/C=C\C(=N)n1cc(C)cn1. The highest BCUT2D eigenvalue weighted by molar-refractivity contribution is 5.91. The quantitative estimate of drug-likeness (QED) is 0.401. The summed E-state index contributed by atoms with van der Waals surface area (Å²) in [6, 6.07) is 0. The van der Waals surface area contributed by atoms with E-state index < -0.39 is 0 Å². The van der Waals surface area contributed by atoms with E-state index >= 15 is 0 Å². The number of aryl methyl sites for hydroxylation is 1. The van der Waals surface area contributed by atoms with Crippen LogP contribution >= 0.6 is 0 Å². The Balaban J connectivity index is 2.78. The van der Waals surface area contributed by atoms with E-state index in [4.69, 9.17) is 5.41 Å². The van der Waals surface area contributed by atoms with Crippen molar-refractivity contribution in [2.45, 2.75) is 6.92 Å². The van der Waals surface area contributed by atoms with Crippen LogP contribution in [0.15, 0.2) is 37.2 Å². The van der Waals surface area contributed by atoms with E-state index in [9.17, 15) is 0 Å². The zero-order valence-corrected chi connectivity index (χ0v) is 6.99. The summed E-state index contributed by atoms with van der Waals surface area (Å²) in [5.41, 5.74) is 1.05. The Labute approximate surface area is 71.5 Å². The van der Waals surface area contributed by atoms with Crippen molar-refractivity contribution in [1.29, 1.82) is 5.41 Å². The van der Waals surface area contributed by atoms with E-state index in [0.29, 0.717) is 5.84 Å². The smallest absolute Gasteiger partial charge is 0.145 e. The van der Waals surface area contributed by atoms with Gasteiger partial charge in [0.05, 0.1) is 6.20 Å². The largest absolute Gasteiger partial charge is 0.283 e. The molecule has 0 aromatic carbocycles. The van der Waals surface area contributed by atoms with Gasteiger partial charge in [0.1, 0.15) is 5.84 Å². The summed E-state index contributed by atoms with van der Waals surface area (Å²) in [6.07, 6.45) is 8.50. The van der Waals surface area contributed by atoms with Crippen molar-refractivity contribution < 1.29 is 0 Å². The van der Waals surface area contributed by atoms with Crippen LogP contribution in [0, 0.1) is 12.3 Å². The summed E-state index contributed by atoms with van der Waals surface area (Å²) >= 11 is 0. The van der Waals surface area contributed by atoms with Crippen LogP contribution in [0.25, 0.3) is 0 Å². The summed E-state index contributed by atoms with van der Waals surface area (Å²) in [5.74, 6) is 0.336. The first-order valence-electron chi connectivity index (χ1n) is 3.63.